The smallest absolute Gasteiger partial charge is 0.251 e. The summed E-state index contributed by atoms with van der Waals surface area (Å²) >= 11 is 7.37. The normalized spacial score (nSPS) is 10.4. The fourth-order valence-corrected chi connectivity index (χ4v) is 2.72. The molecule has 2 aromatic carbocycles. The van der Waals surface area contributed by atoms with Crippen LogP contribution >= 0.6 is 22.9 Å². The van der Waals surface area contributed by atoms with Crippen molar-refractivity contribution in [3.63, 3.8) is 0 Å². The Hall–Kier alpha value is -2.37. The highest BCUT2D eigenvalue weighted by Crippen LogP contribution is 2.15. The summed E-state index contributed by atoms with van der Waals surface area (Å²) in [5.41, 5.74) is 4.25. The summed E-state index contributed by atoms with van der Waals surface area (Å²) in [7, 11) is 0. The van der Waals surface area contributed by atoms with Gasteiger partial charge in [-0.25, -0.2) is 4.98 Å². The van der Waals surface area contributed by atoms with Gasteiger partial charge in [0.05, 0.1) is 11.2 Å². The number of ether oxygens (including phenoxy) is 1. The fourth-order valence-electron chi connectivity index (χ4n) is 2.06. The lowest BCUT2D eigenvalue weighted by Gasteiger charge is -2.07. The lowest BCUT2D eigenvalue weighted by Crippen LogP contribution is -2.22. The minimum absolute atomic E-state index is 0.129. The maximum absolute atomic E-state index is 12.2. The number of hydrogen-bond acceptors (Lipinski definition) is 4. The van der Waals surface area contributed by atoms with Crippen LogP contribution in [0.15, 0.2) is 59.4 Å². The SMILES string of the molecule is O=C(NCc1ccc(Cl)cc1)c1ccc(OCc2cscn2)cc1. The van der Waals surface area contributed by atoms with E-state index in [9.17, 15) is 4.79 Å². The molecule has 0 bridgehead atoms. The second kappa shape index (κ2) is 7.95. The highest BCUT2D eigenvalue weighted by atomic mass is 35.5. The van der Waals surface area contributed by atoms with Crippen LogP contribution in [0.1, 0.15) is 21.6 Å². The third-order valence-corrected chi connectivity index (χ3v) is 4.24. The molecule has 6 heteroatoms. The summed E-state index contributed by atoms with van der Waals surface area (Å²) < 4.78 is 5.63. The van der Waals surface area contributed by atoms with Crippen molar-refractivity contribution in [3.05, 3.63) is 81.3 Å². The molecule has 24 heavy (non-hydrogen) atoms. The number of carbonyl (C=O) groups excluding carboxylic acids is 1. The highest BCUT2D eigenvalue weighted by molar-refractivity contribution is 7.07. The van der Waals surface area contributed by atoms with E-state index in [2.05, 4.69) is 10.3 Å². The minimum Gasteiger partial charge on any atom is -0.487 e. The van der Waals surface area contributed by atoms with Crippen LogP contribution in [-0.4, -0.2) is 10.9 Å². The Balaban J connectivity index is 1.52. The Labute approximate surface area is 149 Å². The molecule has 0 unspecified atom stereocenters. The molecule has 1 heterocycles. The van der Waals surface area contributed by atoms with Crippen molar-refractivity contribution in [2.75, 3.05) is 0 Å². The van der Waals surface area contributed by atoms with Gasteiger partial charge in [-0.05, 0) is 42.0 Å². The molecule has 0 saturated carbocycles. The maximum Gasteiger partial charge on any atom is 0.251 e. The summed E-state index contributed by atoms with van der Waals surface area (Å²) in [6.45, 7) is 0.879. The van der Waals surface area contributed by atoms with E-state index in [4.69, 9.17) is 16.3 Å². The van der Waals surface area contributed by atoms with Gasteiger partial charge in [0.1, 0.15) is 12.4 Å². The van der Waals surface area contributed by atoms with Gasteiger partial charge in [-0.2, -0.15) is 0 Å². The lowest BCUT2D eigenvalue weighted by molar-refractivity contribution is 0.0951. The van der Waals surface area contributed by atoms with Crippen molar-refractivity contribution in [1.82, 2.24) is 10.3 Å². The zero-order chi connectivity index (χ0) is 16.8. The van der Waals surface area contributed by atoms with E-state index >= 15 is 0 Å². The van der Waals surface area contributed by atoms with Crippen LogP contribution in [0.2, 0.25) is 5.02 Å². The molecule has 3 aromatic rings. The molecular weight excluding hydrogens is 344 g/mol. The minimum atomic E-state index is -0.129. The summed E-state index contributed by atoms with van der Waals surface area (Å²) in [5, 5.41) is 5.50. The van der Waals surface area contributed by atoms with Gasteiger partial charge in [-0.15, -0.1) is 11.3 Å². The van der Waals surface area contributed by atoms with Gasteiger partial charge in [0.25, 0.3) is 5.91 Å². The lowest BCUT2D eigenvalue weighted by atomic mass is 10.2. The molecule has 0 atom stereocenters. The van der Waals surface area contributed by atoms with E-state index < -0.39 is 0 Å². The molecule has 1 N–H and O–H groups in total. The molecule has 0 saturated heterocycles. The highest BCUT2D eigenvalue weighted by Gasteiger charge is 2.06. The summed E-state index contributed by atoms with van der Waals surface area (Å²) in [5.74, 6) is 0.577. The maximum atomic E-state index is 12.2. The number of benzene rings is 2. The standard InChI is InChI=1S/C18H15ClN2O2S/c19-15-5-1-13(2-6-15)9-20-18(22)14-3-7-17(8-4-14)23-10-16-11-24-12-21-16/h1-8,11-12H,9-10H2,(H,20,22). The van der Waals surface area contributed by atoms with E-state index in [0.29, 0.717) is 29.5 Å². The summed E-state index contributed by atoms with van der Waals surface area (Å²) in [6.07, 6.45) is 0. The number of carbonyl (C=O) groups is 1. The average Bonchev–Trinajstić information content (AvgIpc) is 3.13. The van der Waals surface area contributed by atoms with Gasteiger partial charge in [-0.3, -0.25) is 4.79 Å². The van der Waals surface area contributed by atoms with Crippen molar-refractivity contribution < 1.29 is 9.53 Å². The van der Waals surface area contributed by atoms with Crippen LogP contribution in [0.25, 0.3) is 0 Å². The Morgan fingerprint density at radius 1 is 1.12 bits per heavy atom. The van der Waals surface area contributed by atoms with Crippen LogP contribution in [0.3, 0.4) is 0 Å². The molecule has 0 radical (unpaired) electrons. The molecule has 0 aliphatic heterocycles. The molecule has 0 fully saturated rings. The third-order valence-electron chi connectivity index (χ3n) is 3.35. The number of nitrogens with one attached hydrogen (secondary N) is 1. The first-order valence-corrected chi connectivity index (χ1v) is 8.65. The molecular formula is C18H15ClN2O2S. The van der Waals surface area contributed by atoms with Crippen molar-refractivity contribution in [3.8, 4) is 5.75 Å². The molecule has 122 valence electrons. The predicted molar refractivity (Wildman–Crippen MR) is 95.5 cm³/mol. The molecule has 0 aliphatic carbocycles. The number of nitrogens with zero attached hydrogens (tertiary/aromatic N) is 1. The molecule has 3 rings (SSSR count). The molecule has 0 aliphatic rings. The van der Waals surface area contributed by atoms with Crippen molar-refractivity contribution in [2.45, 2.75) is 13.2 Å². The molecule has 0 spiro atoms. The Kier molecular flexibility index (Phi) is 5.46. The van der Waals surface area contributed by atoms with E-state index in [1.165, 1.54) is 11.3 Å². The molecule has 4 nitrogen and oxygen atoms in total. The predicted octanol–water partition coefficient (Wildman–Crippen LogP) is 4.31. The third kappa shape index (κ3) is 4.57. The van der Waals surface area contributed by atoms with Crippen LogP contribution in [0, 0.1) is 0 Å². The van der Waals surface area contributed by atoms with E-state index in [-0.39, 0.29) is 5.91 Å². The van der Waals surface area contributed by atoms with E-state index in [0.717, 1.165) is 11.3 Å². The zero-order valence-electron chi connectivity index (χ0n) is 12.7. The zero-order valence-corrected chi connectivity index (χ0v) is 14.3. The summed E-state index contributed by atoms with van der Waals surface area (Å²) in [6, 6.07) is 14.4. The number of amides is 1. The van der Waals surface area contributed by atoms with Crippen LogP contribution in [0.5, 0.6) is 5.75 Å². The van der Waals surface area contributed by atoms with Crippen molar-refractivity contribution in [1.29, 1.82) is 0 Å². The first-order chi connectivity index (χ1) is 11.7. The number of rotatable bonds is 6. The van der Waals surface area contributed by atoms with Gasteiger partial charge < -0.3 is 10.1 Å². The fraction of sp³-hybridized carbons (Fsp3) is 0.111. The van der Waals surface area contributed by atoms with Crippen molar-refractivity contribution >= 4 is 28.8 Å². The second-order valence-corrected chi connectivity index (χ2v) is 6.26. The van der Waals surface area contributed by atoms with Gasteiger partial charge in [0.15, 0.2) is 0 Å². The number of thiazole rings is 1. The molecule has 1 aromatic heterocycles. The Morgan fingerprint density at radius 2 is 1.88 bits per heavy atom. The number of aromatic nitrogens is 1. The van der Waals surface area contributed by atoms with Crippen LogP contribution in [0.4, 0.5) is 0 Å². The quantitative estimate of drug-likeness (QED) is 0.714. The van der Waals surface area contributed by atoms with Gasteiger partial charge in [0.2, 0.25) is 0 Å². The van der Waals surface area contributed by atoms with Gasteiger partial charge >= 0.3 is 0 Å². The largest absolute Gasteiger partial charge is 0.487 e. The Bertz CT molecular complexity index is 787. The van der Waals surface area contributed by atoms with Crippen LogP contribution < -0.4 is 10.1 Å². The van der Waals surface area contributed by atoms with Crippen molar-refractivity contribution in [2.24, 2.45) is 0 Å². The van der Waals surface area contributed by atoms with Crippen LogP contribution in [-0.2, 0) is 13.2 Å². The van der Waals surface area contributed by atoms with E-state index in [1.54, 1.807) is 41.9 Å². The van der Waals surface area contributed by atoms with Gasteiger partial charge in [-0.1, -0.05) is 23.7 Å². The number of halogens is 1. The second-order valence-electron chi connectivity index (χ2n) is 5.10. The monoisotopic (exact) mass is 358 g/mol. The Morgan fingerprint density at radius 3 is 2.54 bits per heavy atom. The molecule has 1 amide bonds. The average molecular weight is 359 g/mol. The first-order valence-electron chi connectivity index (χ1n) is 7.33. The number of hydrogen-bond donors (Lipinski definition) is 1. The first kappa shape index (κ1) is 16.5. The summed E-state index contributed by atoms with van der Waals surface area (Å²) in [4.78, 5) is 16.3. The topological polar surface area (TPSA) is 51.2 Å². The van der Waals surface area contributed by atoms with E-state index in [1.807, 2.05) is 17.5 Å². The van der Waals surface area contributed by atoms with Gasteiger partial charge in [0, 0.05) is 22.5 Å².